The van der Waals surface area contributed by atoms with Crippen molar-refractivity contribution in [1.82, 2.24) is 19.5 Å². The Morgan fingerprint density at radius 3 is 3.20 bits per heavy atom. The molecule has 2 aromatic heterocycles. The topological polar surface area (TPSA) is 76.5 Å². The molecule has 0 bridgehead atoms. The minimum atomic E-state index is -0.105. The number of likely N-dealkylation sites (tertiary alicyclic amines) is 1. The van der Waals surface area contributed by atoms with Crippen LogP contribution in [0.2, 0.25) is 0 Å². The van der Waals surface area contributed by atoms with Crippen LogP contribution in [0.3, 0.4) is 0 Å². The normalized spacial score (nSPS) is 24.3. The lowest BCUT2D eigenvalue weighted by atomic mass is 9.90. The van der Waals surface area contributed by atoms with Gasteiger partial charge in [0.25, 0.3) is 5.56 Å². The van der Waals surface area contributed by atoms with Gasteiger partial charge >= 0.3 is 0 Å². The Hall–Kier alpha value is -1.31. The van der Waals surface area contributed by atoms with Gasteiger partial charge < -0.3 is 5.73 Å². The van der Waals surface area contributed by atoms with Crippen LogP contribution < -0.4 is 11.3 Å². The minimum Gasteiger partial charge on any atom is -0.327 e. The number of aromatic nitrogens is 3. The number of hydrogen-bond donors (Lipinski definition) is 1. The third-order valence-electron chi connectivity index (χ3n) is 4.03. The molecule has 2 N–H and O–H groups in total. The minimum absolute atomic E-state index is 0.105. The van der Waals surface area contributed by atoms with Crippen LogP contribution in [0, 0.1) is 5.92 Å². The van der Waals surface area contributed by atoms with Crippen molar-refractivity contribution in [2.75, 3.05) is 13.1 Å². The fourth-order valence-electron chi connectivity index (χ4n) is 2.81. The molecule has 3 rings (SSSR count). The first kappa shape index (κ1) is 13.7. The summed E-state index contributed by atoms with van der Waals surface area (Å²) in [7, 11) is 0. The molecular formula is C13H19N5OS. The first-order valence-electron chi connectivity index (χ1n) is 6.97. The van der Waals surface area contributed by atoms with Gasteiger partial charge in [0, 0.05) is 31.7 Å². The summed E-state index contributed by atoms with van der Waals surface area (Å²) in [5.41, 5.74) is 8.49. The maximum Gasteiger partial charge on any atom is 0.275 e. The smallest absolute Gasteiger partial charge is 0.275 e. The summed E-state index contributed by atoms with van der Waals surface area (Å²) >= 11 is 1.39. The molecule has 0 aliphatic carbocycles. The van der Waals surface area contributed by atoms with Gasteiger partial charge in [-0.3, -0.25) is 9.69 Å². The molecule has 0 saturated carbocycles. The van der Waals surface area contributed by atoms with Gasteiger partial charge in [-0.25, -0.2) is 4.98 Å². The second-order valence-corrected chi connectivity index (χ2v) is 6.19. The largest absolute Gasteiger partial charge is 0.327 e. The van der Waals surface area contributed by atoms with Crippen molar-refractivity contribution in [3.05, 3.63) is 27.6 Å². The van der Waals surface area contributed by atoms with E-state index in [1.807, 2.05) is 0 Å². The monoisotopic (exact) mass is 293 g/mol. The zero-order valence-electron chi connectivity index (χ0n) is 11.5. The van der Waals surface area contributed by atoms with Crippen LogP contribution in [0.15, 0.2) is 16.4 Å². The summed E-state index contributed by atoms with van der Waals surface area (Å²) in [6, 6.07) is 1.89. The summed E-state index contributed by atoms with van der Waals surface area (Å²) in [6.07, 6.45) is 2.11. The van der Waals surface area contributed by atoms with E-state index in [1.165, 1.54) is 15.9 Å². The highest BCUT2D eigenvalue weighted by molar-refractivity contribution is 7.14. The van der Waals surface area contributed by atoms with Crippen LogP contribution in [-0.4, -0.2) is 38.6 Å². The van der Waals surface area contributed by atoms with E-state index >= 15 is 0 Å². The van der Waals surface area contributed by atoms with E-state index in [4.69, 9.17) is 5.73 Å². The first-order valence-corrected chi connectivity index (χ1v) is 7.85. The van der Waals surface area contributed by atoms with Gasteiger partial charge in [-0.05, 0) is 12.3 Å². The average molecular weight is 293 g/mol. The van der Waals surface area contributed by atoms with Crippen molar-refractivity contribution in [3.63, 3.8) is 0 Å². The molecule has 1 aliphatic heterocycles. The molecule has 1 aliphatic rings. The first-order chi connectivity index (χ1) is 9.67. The van der Waals surface area contributed by atoms with E-state index in [-0.39, 0.29) is 5.56 Å². The number of nitrogens with two attached hydrogens (primary N) is 1. The number of piperidine rings is 1. The number of fused-ring (bicyclic) bond motifs is 1. The highest BCUT2D eigenvalue weighted by Crippen LogP contribution is 2.19. The predicted octanol–water partition coefficient (Wildman–Crippen LogP) is 0.710. The zero-order chi connectivity index (χ0) is 14.1. The molecule has 6 nitrogen and oxygen atoms in total. The summed E-state index contributed by atoms with van der Waals surface area (Å²) < 4.78 is 1.34. The van der Waals surface area contributed by atoms with Gasteiger partial charge in [0.05, 0.1) is 5.69 Å². The van der Waals surface area contributed by atoms with Crippen LogP contribution in [0.5, 0.6) is 0 Å². The molecule has 0 radical (unpaired) electrons. The fraction of sp³-hybridized carbons (Fsp3) is 0.615. The lowest BCUT2D eigenvalue weighted by molar-refractivity contribution is 0.144. The standard InChI is InChI=1S/C13H19N5OS/c1-2-9-6-17(4-3-11(9)14)7-10-5-12(19)18-13(16-10)20-8-15-18/h5,8-9,11H,2-4,6-7,14H2,1H3. The molecule has 108 valence electrons. The highest BCUT2D eigenvalue weighted by Gasteiger charge is 2.25. The van der Waals surface area contributed by atoms with Crippen molar-refractivity contribution < 1.29 is 0 Å². The third kappa shape index (κ3) is 2.61. The van der Waals surface area contributed by atoms with Gasteiger partial charge in [0.2, 0.25) is 4.96 Å². The summed E-state index contributed by atoms with van der Waals surface area (Å²) in [6.45, 7) is 4.86. The highest BCUT2D eigenvalue weighted by atomic mass is 32.1. The Morgan fingerprint density at radius 2 is 2.40 bits per heavy atom. The molecule has 0 aromatic carbocycles. The quantitative estimate of drug-likeness (QED) is 0.902. The lowest BCUT2D eigenvalue weighted by Crippen LogP contribution is -2.46. The Bertz CT molecular complexity index is 651. The Morgan fingerprint density at radius 1 is 1.55 bits per heavy atom. The van der Waals surface area contributed by atoms with E-state index in [0.29, 0.717) is 23.5 Å². The van der Waals surface area contributed by atoms with Crippen molar-refractivity contribution in [3.8, 4) is 0 Å². The number of nitrogens with zero attached hydrogens (tertiary/aromatic N) is 4. The molecule has 0 amide bonds. The Kier molecular flexibility index (Phi) is 3.82. The van der Waals surface area contributed by atoms with Crippen LogP contribution in [-0.2, 0) is 6.54 Å². The number of rotatable bonds is 3. The Balaban J connectivity index is 1.77. The molecule has 3 heterocycles. The van der Waals surface area contributed by atoms with Crippen LogP contribution >= 0.6 is 11.3 Å². The molecule has 1 fully saturated rings. The second-order valence-electron chi connectivity index (χ2n) is 5.37. The molecule has 2 aromatic rings. The van der Waals surface area contributed by atoms with Crippen LogP contribution in [0.4, 0.5) is 0 Å². The summed E-state index contributed by atoms with van der Waals surface area (Å²) in [4.78, 5) is 19.4. The van der Waals surface area contributed by atoms with E-state index in [2.05, 4.69) is 21.9 Å². The van der Waals surface area contributed by atoms with E-state index in [9.17, 15) is 4.79 Å². The maximum absolute atomic E-state index is 11.9. The van der Waals surface area contributed by atoms with Crippen LogP contribution in [0.1, 0.15) is 25.5 Å². The van der Waals surface area contributed by atoms with Gasteiger partial charge in [0.15, 0.2) is 0 Å². The van der Waals surface area contributed by atoms with Gasteiger partial charge in [0.1, 0.15) is 5.51 Å². The molecular weight excluding hydrogens is 274 g/mol. The van der Waals surface area contributed by atoms with Crippen molar-refractivity contribution in [1.29, 1.82) is 0 Å². The Labute approximate surface area is 121 Å². The summed E-state index contributed by atoms with van der Waals surface area (Å²) in [5.74, 6) is 0.539. The molecule has 20 heavy (non-hydrogen) atoms. The van der Waals surface area contributed by atoms with E-state index in [0.717, 1.165) is 31.6 Å². The second kappa shape index (κ2) is 5.59. The zero-order valence-corrected chi connectivity index (χ0v) is 12.3. The molecule has 2 atom stereocenters. The maximum atomic E-state index is 11.9. The van der Waals surface area contributed by atoms with Gasteiger partial charge in [-0.2, -0.15) is 9.61 Å². The van der Waals surface area contributed by atoms with Crippen molar-refractivity contribution >= 4 is 16.3 Å². The number of hydrogen-bond acceptors (Lipinski definition) is 6. The van der Waals surface area contributed by atoms with E-state index in [1.54, 1.807) is 11.6 Å². The average Bonchev–Trinajstić information content (AvgIpc) is 2.90. The molecule has 2 unspecified atom stereocenters. The summed E-state index contributed by atoms with van der Waals surface area (Å²) in [5, 5.41) is 3.97. The predicted molar refractivity (Wildman–Crippen MR) is 78.8 cm³/mol. The fourth-order valence-corrected chi connectivity index (χ4v) is 3.45. The molecule has 1 saturated heterocycles. The van der Waals surface area contributed by atoms with Gasteiger partial charge in [-0.15, -0.1) is 0 Å². The van der Waals surface area contributed by atoms with Gasteiger partial charge in [-0.1, -0.05) is 24.7 Å². The molecule has 0 spiro atoms. The molecule has 7 heteroatoms. The lowest BCUT2D eigenvalue weighted by Gasteiger charge is -2.36. The van der Waals surface area contributed by atoms with E-state index < -0.39 is 0 Å². The van der Waals surface area contributed by atoms with Crippen molar-refractivity contribution in [2.24, 2.45) is 11.7 Å². The van der Waals surface area contributed by atoms with Crippen LogP contribution in [0.25, 0.3) is 4.96 Å². The third-order valence-corrected chi connectivity index (χ3v) is 4.70. The van der Waals surface area contributed by atoms with Crippen molar-refractivity contribution in [2.45, 2.75) is 32.4 Å². The SMILES string of the molecule is CCC1CN(Cc2cc(=O)n3ncsc3n2)CCC1N.